The van der Waals surface area contributed by atoms with Gasteiger partial charge >= 0.3 is 5.97 Å². The van der Waals surface area contributed by atoms with E-state index in [-0.39, 0.29) is 17.9 Å². The standard InChI is InChI=1S/C23H29NO2/c1-23(2,3)19-10-6-17(7-11-19)15-18-8-12-20(13-9-18)24-14-4-5-21(24)16-22(25)26/h6-13,21H,4-5,14-16H2,1-3H3,(H,25,26). The van der Waals surface area contributed by atoms with Crippen LogP contribution >= 0.6 is 0 Å². The zero-order valence-electron chi connectivity index (χ0n) is 16.0. The van der Waals surface area contributed by atoms with Gasteiger partial charge in [-0.05, 0) is 53.5 Å². The molecule has 3 heteroatoms. The van der Waals surface area contributed by atoms with Crippen molar-refractivity contribution in [3.05, 3.63) is 65.2 Å². The first-order valence-electron chi connectivity index (χ1n) is 9.50. The van der Waals surface area contributed by atoms with Crippen LogP contribution in [0, 0.1) is 0 Å². The van der Waals surface area contributed by atoms with Crippen molar-refractivity contribution in [2.45, 2.75) is 57.9 Å². The number of nitrogens with zero attached hydrogens (tertiary/aromatic N) is 1. The number of carboxylic acid groups (broad SMARTS) is 1. The normalized spacial score (nSPS) is 17.5. The van der Waals surface area contributed by atoms with E-state index >= 15 is 0 Å². The maximum absolute atomic E-state index is 11.0. The van der Waals surface area contributed by atoms with Gasteiger partial charge in [0, 0.05) is 18.3 Å². The van der Waals surface area contributed by atoms with Crippen LogP contribution < -0.4 is 4.90 Å². The van der Waals surface area contributed by atoms with Crippen LogP contribution in [0.15, 0.2) is 48.5 Å². The van der Waals surface area contributed by atoms with E-state index in [1.165, 1.54) is 16.7 Å². The summed E-state index contributed by atoms with van der Waals surface area (Å²) in [7, 11) is 0. The topological polar surface area (TPSA) is 40.5 Å². The van der Waals surface area contributed by atoms with Gasteiger partial charge in [0.1, 0.15) is 0 Å². The molecule has 1 saturated heterocycles. The lowest BCUT2D eigenvalue weighted by Crippen LogP contribution is -2.31. The van der Waals surface area contributed by atoms with Gasteiger partial charge in [0.15, 0.2) is 0 Å². The van der Waals surface area contributed by atoms with E-state index in [2.05, 4.69) is 74.2 Å². The van der Waals surface area contributed by atoms with Crippen molar-refractivity contribution < 1.29 is 9.90 Å². The molecule has 0 aliphatic carbocycles. The van der Waals surface area contributed by atoms with Crippen molar-refractivity contribution in [3.8, 4) is 0 Å². The second-order valence-electron chi connectivity index (χ2n) is 8.38. The average Bonchev–Trinajstić information content (AvgIpc) is 3.02. The first-order valence-corrected chi connectivity index (χ1v) is 9.50. The molecular weight excluding hydrogens is 322 g/mol. The zero-order valence-corrected chi connectivity index (χ0v) is 16.0. The van der Waals surface area contributed by atoms with Crippen molar-refractivity contribution in [1.29, 1.82) is 0 Å². The predicted octanol–water partition coefficient (Wildman–Crippen LogP) is 5.02. The number of aliphatic carboxylic acids is 1. The van der Waals surface area contributed by atoms with Crippen LogP contribution in [0.1, 0.15) is 56.7 Å². The van der Waals surface area contributed by atoms with E-state index < -0.39 is 5.97 Å². The van der Waals surface area contributed by atoms with Crippen LogP contribution in [-0.4, -0.2) is 23.7 Å². The number of hydrogen-bond acceptors (Lipinski definition) is 2. The maximum Gasteiger partial charge on any atom is 0.305 e. The van der Waals surface area contributed by atoms with Crippen molar-refractivity contribution in [2.24, 2.45) is 0 Å². The number of carbonyl (C=O) groups is 1. The third kappa shape index (κ3) is 4.46. The maximum atomic E-state index is 11.0. The van der Waals surface area contributed by atoms with E-state index in [9.17, 15) is 4.79 Å². The molecule has 138 valence electrons. The minimum Gasteiger partial charge on any atom is -0.481 e. The Kier molecular flexibility index (Phi) is 5.36. The van der Waals surface area contributed by atoms with Crippen LogP contribution in [-0.2, 0) is 16.6 Å². The first kappa shape index (κ1) is 18.5. The molecule has 0 spiro atoms. The number of hydrogen-bond donors (Lipinski definition) is 1. The van der Waals surface area contributed by atoms with Gasteiger partial charge in [-0.1, -0.05) is 57.2 Å². The number of anilines is 1. The molecule has 3 nitrogen and oxygen atoms in total. The Balaban J connectivity index is 1.67. The number of carboxylic acids is 1. The summed E-state index contributed by atoms with van der Waals surface area (Å²) in [5.74, 6) is -0.711. The predicted molar refractivity (Wildman–Crippen MR) is 107 cm³/mol. The Morgan fingerprint density at radius 3 is 2.15 bits per heavy atom. The fraction of sp³-hybridized carbons (Fsp3) is 0.435. The van der Waals surface area contributed by atoms with Crippen molar-refractivity contribution >= 4 is 11.7 Å². The van der Waals surface area contributed by atoms with Gasteiger partial charge in [-0.15, -0.1) is 0 Å². The van der Waals surface area contributed by atoms with Gasteiger partial charge in [0.2, 0.25) is 0 Å². The average molecular weight is 351 g/mol. The van der Waals surface area contributed by atoms with Gasteiger partial charge in [-0.25, -0.2) is 0 Å². The summed E-state index contributed by atoms with van der Waals surface area (Å²) >= 11 is 0. The van der Waals surface area contributed by atoms with Crippen LogP contribution in [0.3, 0.4) is 0 Å². The highest BCUT2D eigenvalue weighted by molar-refractivity contribution is 5.69. The summed E-state index contributed by atoms with van der Waals surface area (Å²) in [5.41, 5.74) is 5.28. The van der Waals surface area contributed by atoms with Crippen LogP contribution in [0.25, 0.3) is 0 Å². The molecule has 1 aliphatic rings. The molecule has 0 aromatic heterocycles. The monoisotopic (exact) mass is 351 g/mol. The summed E-state index contributed by atoms with van der Waals surface area (Å²) in [4.78, 5) is 13.3. The molecule has 1 heterocycles. The highest BCUT2D eigenvalue weighted by atomic mass is 16.4. The van der Waals surface area contributed by atoms with E-state index in [0.717, 1.165) is 31.5 Å². The molecule has 1 atom stereocenters. The van der Waals surface area contributed by atoms with Crippen molar-refractivity contribution in [2.75, 3.05) is 11.4 Å². The van der Waals surface area contributed by atoms with Crippen molar-refractivity contribution in [1.82, 2.24) is 0 Å². The molecule has 0 saturated carbocycles. The minimum atomic E-state index is -0.711. The quantitative estimate of drug-likeness (QED) is 0.822. The van der Waals surface area contributed by atoms with Gasteiger partial charge in [-0.2, -0.15) is 0 Å². The first-order chi connectivity index (χ1) is 12.3. The van der Waals surface area contributed by atoms with E-state index in [1.54, 1.807) is 0 Å². The molecule has 1 unspecified atom stereocenters. The summed E-state index contributed by atoms with van der Waals surface area (Å²) in [6.07, 6.45) is 3.18. The molecule has 1 aliphatic heterocycles. The largest absolute Gasteiger partial charge is 0.481 e. The number of benzene rings is 2. The van der Waals surface area contributed by atoms with E-state index in [1.807, 2.05) is 0 Å². The summed E-state index contributed by atoms with van der Waals surface area (Å²) in [6.45, 7) is 7.65. The van der Waals surface area contributed by atoms with E-state index in [4.69, 9.17) is 5.11 Å². The van der Waals surface area contributed by atoms with Crippen LogP contribution in [0.2, 0.25) is 0 Å². The molecule has 26 heavy (non-hydrogen) atoms. The van der Waals surface area contributed by atoms with Gasteiger partial charge < -0.3 is 10.0 Å². The molecule has 0 amide bonds. The molecule has 1 fully saturated rings. The molecule has 1 N–H and O–H groups in total. The zero-order chi connectivity index (χ0) is 18.7. The highest BCUT2D eigenvalue weighted by Crippen LogP contribution is 2.28. The Morgan fingerprint density at radius 1 is 1.04 bits per heavy atom. The number of rotatable bonds is 5. The lowest BCUT2D eigenvalue weighted by atomic mass is 9.86. The van der Waals surface area contributed by atoms with Crippen molar-refractivity contribution in [3.63, 3.8) is 0 Å². The molecule has 0 bridgehead atoms. The fourth-order valence-electron chi connectivity index (χ4n) is 3.75. The van der Waals surface area contributed by atoms with Gasteiger partial charge in [0.25, 0.3) is 0 Å². The SMILES string of the molecule is CC(C)(C)c1ccc(Cc2ccc(N3CCCC3CC(=O)O)cc2)cc1. The molecule has 2 aromatic rings. The summed E-state index contributed by atoms with van der Waals surface area (Å²) < 4.78 is 0. The van der Waals surface area contributed by atoms with Gasteiger partial charge in [-0.3, -0.25) is 4.79 Å². The Bertz CT molecular complexity index is 741. The second-order valence-corrected chi connectivity index (χ2v) is 8.38. The lowest BCUT2D eigenvalue weighted by Gasteiger charge is -2.26. The Morgan fingerprint density at radius 2 is 1.62 bits per heavy atom. The van der Waals surface area contributed by atoms with Crippen LogP contribution in [0.5, 0.6) is 0 Å². The molecule has 2 aromatic carbocycles. The molecule has 3 rings (SSSR count). The summed E-state index contributed by atoms with van der Waals surface area (Å²) in [6, 6.07) is 17.6. The lowest BCUT2D eigenvalue weighted by molar-refractivity contribution is -0.137. The Hall–Kier alpha value is -2.29. The third-order valence-corrected chi connectivity index (χ3v) is 5.28. The van der Waals surface area contributed by atoms with Gasteiger partial charge in [0.05, 0.1) is 6.42 Å². The van der Waals surface area contributed by atoms with E-state index in [0.29, 0.717) is 0 Å². The highest BCUT2D eigenvalue weighted by Gasteiger charge is 2.26. The fourth-order valence-corrected chi connectivity index (χ4v) is 3.75. The summed E-state index contributed by atoms with van der Waals surface area (Å²) in [5, 5.41) is 9.09. The molecular formula is C23H29NO2. The Labute approximate surface area is 156 Å². The smallest absolute Gasteiger partial charge is 0.305 e. The molecule has 0 radical (unpaired) electrons. The minimum absolute atomic E-state index is 0.128. The third-order valence-electron chi connectivity index (χ3n) is 5.28. The second kappa shape index (κ2) is 7.53. The van der Waals surface area contributed by atoms with Crippen LogP contribution in [0.4, 0.5) is 5.69 Å².